The Morgan fingerprint density at radius 3 is 2.69 bits per heavy atom. The summed E-state index contributed by atoms with van der Waals surface area (Å²) in [7, 11) is 0. The summed E-state index contributed by atoms with van der Waals surface area (Å²) in [5.41, 5.74) is 4.51. The third kappa shape index (κ3) is 4.04. The summed E-state index contributed by atoms with van der Waals surface area (Å²) in [5.74, 6) is 0. The topological polar surface area (TPSA) is 84.5 Å². The van der Waals surface area contributed by atoms with Crippen molar-refractivity contribution in [3.05, 3.63) is 104 Å². The second-order valence-electron chi connectivity index (χ2n) is 7.23. The Morgan fingerprint density at radius 1 is 1.09 bits per heavy atom. The number of rotatable bonds is 5. The zero-order chi connectivity index (χ0) is 22.1. The van der Waals surface area contributed by atoms with E-state index in [9.17, 15) is 10.1 Å². The largest absolute Gasteiger partial charge is 0.270 e. The van der Waals surface area contributed by atoms with Crippen LogP contribution in [0.1, 0.15) is 23.6 Å². The van der Waals surface area contributed by atoms with Crippen LogP contribution in [-0.2, 0) is 0 Å². The molecule has 2 aromatic carbocycles. The highest BCUT2D eigenvalue weighted by Crippen LogP contribution is 2.39. The first kappa shape index (κ1) is 20.5. The average Bonchev–Trinajstić information content (AvgIpc) is 3.48. The van der Waals surface area contributed by atoms with Crippen molar-refractivity contribution >= 4 is 43.8 Å². The monoisotopic (exact) mass is 505 g/mol. The van der Waals surface area contributed by atoms with Gasteiger partial charge in [0.05, 0.1) is 22.4 Å². The Morgan fingerprint density at radius 2 is 1.94 bits per heavy atom. The van der Waals surface area contributed by atoms with Crippen molar-refractivity contribution in [2.24, 2.45) is 5.10 Å². The smallest absolute Gasteiger partial charge is 0.264 e. The number of nitrogens with zero attached hydrogens (tertiary/aromatic N) is 5. The number of pyridine rings is 1. The molecule has 1 aliphatic rings. The molecule has 9 heteroatoms. The molecule has 0 fully saturated rings. The Kier molecular flexibility index (Phi) is 5.50. The molecule has 1 aliphatic heterocycles. The van der Waals surface area contributed by atoms with Crippen LogP contribution in [0.15, 0.2) is 88.0 Å². The van der Waals surface area contributed by atoms with E-state index in [-0.39, 0.29) is 11.7 Å². The first-order valence-electron chi connectivity index (χ1n) is 9.81. The van der Waals surface area contributed by atoms with E-state index in [1.54, 1.807) is 12.3 Å². The van der Waals surface area contributed by atoms with Gasteiger partial charge in [-0.2, -0.15) is 5.10 Å². The van der Waals surface area contributed by atoms with Gasteiger partial charge in [0, 0.05) is 46.4 Å². The van der Waals surface area contributed by atoms with E-state index >= 15 is 0 Å². The highest BCUT2D eigenvalue weighted by Gasteiger charge is 2.32. The number of non-ortho nitro benzene ring substituents is 1. The van der Waals surface area contributed by atoms with Crippen LogP contribution in [-0.4, -0.2) is 20.6 Å². The van der Waals surface area contributed by atoms with Gasteiger partial charge in [-0.05, 0) is 29.3 Å². The van der Waals surface area contributed by atoms with Crippen molar-refractivity contribution in [2.45, 2.75) is 12.5 Å². The molecule has 0 radical (unpaired) electrons. The second kappa shape index (κ2) is 8.60. The molecular formula is C23H16BrN5O2S. The van der Waals surface area contributed by atoms with Gasteiger partial charge in [0.2, 0.25) is 5.13 Å². The molecule has 7 nitrogen and oxygen atoms in total. The maximum atomic E-state index is 11.1. The number of halogens is 1. The average molecular weight is 506 g/mol. The van der Waals surface area contributed by atoms with Crippen molar-refractivity contribution in [1.82, 2.24) is 9.97 Å². The minimum Gasteiger partial charge on any atom is -0.264 e. The number of hydrogen-bond acceptors (Lipinski definition) is 7. The van der Waals surface area contributed by atoms with Gasteiger partial charge in [-0.15, -0.1) is 11.3 Å². The summed E-state index contributed by atoms with van der Waals surface area (Å²) in [5, 5.41) is 20.6. The number of hydrogen-bond donors (Lipinski definition) is 0. The Balaban J connectivity index is 1.52. The minimum atomic E-state index is -0.398. The summed E-state index contributed by atoms with van der Waals surface area (Å²) < 4.78 is 1.02. The summed E-state index contributed by atoms with van der Waals surface area (Å²) in [6.45, 7) is 0. The molecule has 158 valence electrons. The normalized spacial score (nSPS) is 15.6. The molecule has 0 saturated carbocycles. The number of nitro groups is 1. The van der Waals surface area contributed by atoms with Crippen LogP contribution in [0, 0.1) is 10.1 Å². The lowest BCUT2D eigenvalue weighted by molar-refractivity contribution is -0.384. The molecule has 0 saturated heterocycles. The first-order chi connectivity index (χ1) is 15.6. The van der Waals surface area contributed by atoms with Crippen LogP contribution in [0.3, 0.4) is 0 Å². The van der Waals surface area contributed by atoms with Gasteiger partial charge in [0.15, 0.2) is 0 Å². The van der Waals surface area contributed by atoms with E-state index in [1.165, 1.54) is 23.5 Å². The third-order valence-corrected chi connectivity index (χ3v) is 6.56. The van der Waals surface area contributed by atoms with E-state index in [4.69, 9.17) is 10.1 Å². The molecule has 1 atom stereocenters. The molecule has 0 spiro atoms. The molecule has 0 bridgehead atoms. The molecule has 4 aromatic rings. The zero-order valence-electron chi connectivity index (χ0n) is 16.6. The fourth-order valence-electron chi connectivity index (χ4n) is 3.62. The predicted octanol–water partition coefficient (Wildman–Crippen LogP) is 6.23. The quantitative estimate of drug-likeness (QED) is 0.237. The van der Waals surface area contributed by atoms with Crippen LogP contribution in [0.5, 0.6) is 0 Å². The van der Waals surface area contributed by atoms with E-state index < -0.39 is 4.92 Å². The lowest BCUT2D eigenvalue weighted by Gasteiger charge is -2.20. The summed E-state index contributed by atoms with van der Waals surface area (Å²) in [6, 6.07) is 18.5. The van der Waals surface area contributed by atoms with Gasteiger partial charge >= 0.3 is 0 Å². The number of benzene rings is 2. The Labute approximate surface area is 196 Å². The third-order valence-electron chi connectivity index (χ3n) is 5.20. The van der Waals surface area contributed by atoms with Gasteiger partial charge < -0.3 is 0 Å². The highest BCUT2D eigenvalue weighted by molar-refractivity contribution is 9.10. The van der Waals surface area contributed by atoms with Gasteiger partial charge in [-0.3, -0.25) is 15.1 Å². The van der Waals surface area contributed by atoms with E-state index in [2.05, 4.69) is 20.9 Å². The lowest BCUT2D eigenvalue weighted by Crippen LogP contribution is -2.18. The maximum Gasteiger partial charge on any atom is 0.270 e. The fraction of sp³-hybridized carbons (Fsp3) is 0.0870. The molecular weight excluding hydrogens is 490 g/mol. The van der Waals surface area contributed by atoms with Crippen LogP contribution in [0.2, 0.25) is 0 Å². The van der Waals surface area contributed by atoms with E-state index in [0.29, 0.717) is 11.3 Å². The van der Waals surface area contributed by atoms with Crippen LogP contribution in [0.25, 0.3) is 11.3 Å². The number of thiazole rings is 1. The maximum absolute atomic E-state index is 11.1. The van der Waals surface area contributed by atoms with Crippen molar-refractivity contribution in [2.75, 3.05) is 5.01 Å². The first-order valence-corrected chi connectivity index (χ1v) is 11.5. The van der Waals surface area contributed by atoms with Crippen molar-refractivity contribution in [3.8, 4) is 11.3 Å². The molecule has 0 N–H and O–H groups in total. The highest BCUT2D eigenvalue weighted by atomic mass is 79.9. The van der Waals surface area contributed by atoms with Crippen molar-refractivity contribution in [3.63, 3.8) is 0 Å². The Bertz CT molecular complexity index is 1310. The van der Waals surface area contributed by atoms with Gasteiger partial charge in [0.25, 0.3) is 5.69 Å². The second-order valence-corrected chi connectivity index (χ2v) is 8.98. The number of aromatic nitrogens is 2. The van der Waals surface area contributed by atoms with E-state index in [1.807, 2.05) is 59.1 Å². The number of nitro benzene ring substituents is 1. The number of hydrazone groups is 1. The predicted molar refractivity (Wildman–Crippen MR) is 129 cm³/mol. The molecule has 3 heterocycles. The van der Waals surface area contributed by atoms with Crippen LogP contribution < -0.4 is 5.01 Å². The molecule has 0 aliphatic carbocycles. The standard InChI is InChI=1S/C23H16BrN5O2S/c24-18-8-6-15(7-9-18)20-12-22(17-4-2-10-25-13-17)28(27-20)23-26-21(14-32-23)16-3-1-5-19(11-16)29(30)31/h1-11,13-14,22H,12H2. The van der Waals surface area contributed by atoms with Gasteiger partial charge in [-0.25, -0.2) is 9.99 Å². The Hall–Kier alpha value is -3.43. The zero-order valence-corrected chi connectivity index (χ0v) is 19.0. The van der Waals surface area contributed by atoms with Gasteiger partial charge in [0.1, 0.15) is 0 Å². The van der Waals surface area contributed by atoms with Crippen LogP contribution in [0.4, 0.5) is 10.8 Å². The van der Waals surface area contributed by atoms with Gasteiger partial charge in [-0.1, -0.05) is 46.3 Å². The summed E-state index contributed by atoms with van der Waals surface area (Å²) in [4.78, 5) is 19.8. The molecule has 2 aromatic heterocycles. The molecule has 0 amide bonds. The molecule has 5 rings (SSSR count). The number of anilines is 1. The summed E-state index contributed by atoms with van der Waals surface area (Å²) in [6.07, 6.45) is 4.33. The SMILES string of the molecule is O=[N+]([O-])c1cccc(-c2csc(N3N=C(c4ccc(Br)cc4)CC3c3cccnc3)n2)c1. The van der Waals surface area contributed by atoms with Crippen molar-refractivity contribution < 1.29 is 4.92 Å². The van der Waals surface area contributed by atoms with Crippen LogP contribution >= 0.6 is 27.3 Å². The van der Waals surface area contributed by atoms with Crippen molar-refractivity contribution in [1.29, 1.82) is 0 Å². The fourth-order valence-corrected chi connectivity index (χ4v) is 4.71. The minimum absolute atomic E-state index is 0.0357. The lowest BCUT2D eigenvalue weighted by atomic mass is 10.00. The molecule has 32 heavy (non-hydrogen) atoms. The summed E-state index contributed by atoms with van der Waals surface area (Å²) >= 11 is 4.95. The van der Waals surface area contributed by atoms with E-state index in [0.717, 1.165) is 32.9 Å². The molecule has 1 unspecified atom stereocenters.